The number of hydrogen-bond acceptors (Lipinski definition) is 5. The second kappa shape index (κ2) is 7.72. The van der Waals surface area contributed by atoms with Gasteiger partial charge in [-0.1, -0.05) is 47.6 Å². The monoisotopic (exact) mass is 414 g/mol. The van der Waals surface area contributed by atoms with Crippen molar-refractivity contribution in [2.75, 3.05) is 5.32 Å². The smallest absolute Gasteiger partial charge is 0.239 e. The summed E-state index contributed by atoms with van der Waals surface area (Å²) in [5, 5.41) is 6.45. The molecule has 1 unspecified atom stereocenters. The molecule has 8 heteroatoms. The van der Waals surface area contributed by atoms with E-state index in [0.29, 0.717) is 10.2 Å². The van der Waals surface area contributed by atoms with Gasteiger partial charge in [0.15, 0.2) is 10.3 Å². The molecule has 0 saturated carbocycles. The summed E-state index contributed by atoms with van der Waals surface area (Å²) in [6, 6.07) is 15.2. The van der Waals surface area contributed by atoms with Crippen LogP contribution >= 0.6 is 34.7 Å². The van der Waals surface area contributed by atoms with Gasteiger partial charge in [-0.05, 0) is 31.2 Å². The maximum atomic E-state index is 12.5. The molecule has 0 aliphatic heterocycles. The summed E-state index contributed by atoms with van der Waals surface area (Å²) >= 11 is 8.70. The average molecular weight is 415 g/mol. The molecule has 0 radical (unpaired) electrons. The summed E-state index contributed by atoms with van der Waals surface area (Å²) in [6.07, 6.45) is 0. The van der Waals surface area contributed by atoms with Gasteiger partial charge in [0.25, 0.3) is 0 Å². The van der Waals surface area contributed by atoms with Crippen LogP contribution in [0.25, 0.3) is 22.3 Å². The zero-order valence-electron chi connectivity index (χ0n) is 14.3. The Kier molecular flexibility index (Phi) is 5.15. The van der Waals surface area contributed by atoms with Crippen molar-refractivity contribution in [3.05, 3.63) is 58.9 Å². The molecule has 0 spiro atoms. The van der Waals surface area contributed by atoms with E-state index in [1.807, 2.05) is 60.8 Å². The Morgan fingerprint density at radius 2 is 1.96 bits per heavy atom. The molecule has 1 amide bonds. The van der Waals surface area contributed by atoms with E-state index in [1.165, 1.54) is 23.1 Å². The van der Waals surface area contributed by atoms with Crippen LogP contribution in [-0.2, 0) is 4.79 Å². The summed E-state index contributed by atoms with van der Waals surface area (Å²) < 4.78 is 0. The van der Waals surface area contributed by atoms with Crippen LogP contribution in [0, 0.1) is 0 Å². The molecule has 2 aromatic carbocycles. The number of benzene rings is 2. The Morgan fingerprint density at radius 3 is 2.74 bits per heavy atom. The van der Waals surface area contributed by atoms with E-state index >= 15 is 0 Å². The van der Waals surface area contributed by atoms with E-state index in [4.69, 9.17) is 11.6 Å². The molecule has 0 fully saturated rings. The molecular weight excluding hydrogens is 400 g/mol. The first-order valence-corrected chi connectivity index (χ1v) is 10.4. The van der Waals surface area contributed by atoms with Gasteiger partial charge in [0.1, 0.15) is 0 Å². The number of nitrogens with one attached hydrogen (secondary N) is 2. The number of carbonyl (C=O) groups is 1. The summed E-state index contributed by atoms with van der Waals surface area (Å²) in [6.45, 7) is 1.85. The van der Waals surface area contributed by atoms with Crippen LogP contribution in [0.3, 0.4) is 0 Å². The summed E-state index contributed by atoms with van der Waals surface area (Å²) in [7, 11) is 0. The van der Waals surface area contributed by atoms with Crippen molar-refractivity contribution >= 4 is 56.8 Å². The molecule has 2 aromatic heterocycles. The Balaban J connectivity index is 1.41. The molecule has 0 aliphatic rings. The normalized spacial score (nSPS) is 12.2. The molecule has 1 atom stereocenters. The van der Waals surface area contributed by atoms with Crippen molar-refractivity contribution in [2.24, 2.45) is 0 Å². The number of thiazole rings is 1. The van der Waals surface area contributed by atoms with Crippen molar-refractivity contribution in [3.63, 3.8) is 0 Å². The molecule has 27 heavy (non-hydrogen) atoms. The highest BCUT2D eigenvalue weighted by molar-refractivity contribution is 8.00. The second-order valence-corrected chi connectivity index (χ2v) is 8.48. The minimum atomic E-state index is -0.312. The van der Waals surface area contributed by atoms with Gasteiger partial charge in [-0.15, -0.1) is 11.3 Å². The lowest BCUT2D eigenvalue weighted by atomic mass is 10.2. The third-order valence-electron chi connectivity index (χ3n) is 3.90. The number of rotatable bonds is 5. The van der Waals surface area contributed by atoms with E-state index in [9.17, 15) is 4.79 Å². The lowest BCUT2D eigenvalue weighted by molar-refractivity contribution is -0.115. The lowest BCUT2D eigenvalue weighted by Gasteiger charge is -2.08. The summed E-state index contributed by atoms with van der Waals surface area (Å²) in [4.78, 5) is 24.7. The number of fused-ring (bicyclic) bond motifs is 1. The van der Waals surface area contributed by atoms with Crippen molar-refractivity contribution in [2.45, 2.75) is 17.3 Å². The molecule has 4 rings (SSSR count). The number of aromatic amines is 1. The van der Waals surface area contributed by atoms with Crippen molar-refractivity contribution in [3.8, 4) is 11.3 Å². The third-order valence-corrected chi connectivity index (χ3v) is 5.89. The number of amides is 1. The highest BCUT2D eigenvalue weighted by atomic mass is 35.5. The van der Waals surface area contributed by atoms with Gasteiger partial charge in [0.2, 0.25) is 5.91 Å². The van der Waals surface area contributed by atoms with Gasteiger partial charge < -0.3 is 10.3 Å². The maximum Gasteiger partial charge on any atom is 0.239 e. The van der Waals surface area contributed by atoms with Gasteiger partial charge in [-0.3, -0.25) is 4.79 Å². The van der Waals surface area contributed by atoms with Crippen LogP contribution in [0.4, 0.5) is 5.13 Å². The summed E-state index contributed by atoms with van der Waals surface area (Å²) in [5.41, 5.74) is 3.62. The largest absolute Gasteiger partial charge is 0.333 e. The lowest BCUT2D eigenvalue weighted by Crippen LogP contribution is -2.22. The highest BCUT2D eigenvalue weighted by Gasteiger charge is 2.18. The van der Waals surface area contributed by atoms with E-state index in [1.54, 1.807) is 0 Å². The highest BCUT2D eigenvalue weighted by Crippen LogP contribution is 2.28. The average Bonchev–Trinajstić information content (AvgIpc) is 3.28. The Bertz CT molecular complexity index is 1060. The Hall–Kier alpha value is -2.35. The van der Waals surface area contributed by atoms with Gasteiger partial charge in [0.05, 0.1) is 22.0 Å². The van der Waals surface area contributed by atoms with Gasteiger partial charge in [0, 0.05) is 16.0 Å². The molecule has 0 saturated heterocycles. The Morgan fingerprint density at radius 1 is 1.19 bits per heavy atom. The molecule has 0 bridgehead atoms. The van der Waals surface area contributed by atoms with Crippen LogP contribution in [0.15, 0.2) is 59.1 Å². The molecule has 2 N–H and O–H groups in total. The van der Waals surface area contributed by atoms with Crippen LogP contribution in [0.2, 0.25) is 5.02 Å². The first kappa shape index (κ1) is 18.0. The minimum absolute atomic E-state index is 0.113. The number of aromatic nitrogens is 3. The van der Waals surface area contributed by atoms with Crippen molar-refractivity contribution in [1.82, 2.24) is 15.0 Å². The van der Waals surface area contributed by atoms with Crippen LogP contribution in [0.5, 0.6) is 0 Å². The van der Waals surface area contributed by atoms with E-state index in [2.05, 4.69) is 20.3 Å². The van der Waals surface area contributed by atoms with Crippen LogP contribution < -0.4 is 5.32 Å². The van der Waals surface area contributed by atoms with Gasteiger partial charge >= 0.3 is 0 Å². The van der Waals surface area contributed by atoms with Crippen molar-refractivity contribution < 1.29 is 4.79 Å². The van der Waals surface area contributed by atoms with Crippen LogP contribution in [0.1, 0.15) is 6.92 Å². The number of nitrogens with zero attached hydrogens (tertiary/aromatic N) is 2. The quantitative estimate of drug-likeness (QED) is 0.425. The fourth-order valence-electron chi connectivity index (χ4n) is 2.50. The number of carbonyl (C=O) groups excluding carboxylic acids is 1. The predicted molar refractivity (Wildman–Crippen MR) is 113 cm³/mol. The fourth-order valence-corrected chi connectivity index (χ4v) is 4.17. The molecule has 0 aliphatic carbocycles. The molecule has 136 valence electrons. The van der Waals surface area contributed by atoms with Gasteiger partial charge in [-0.2, -0.15) is 0 Å². The minimum Gasteiger partial charge on any atom is -0.333 e. The number of thioether (sulfide) groups is 1. The number of imidazole rings is 1. The number of hydrogen-bond donors (Lipinski definition) is 2. The second-order valence-electron chi connectivity index (χ2n) is 5.85. The van der Waals surface area contributed by atoms with E-state index in [0.717, 1.165) is 27.4 Å². The molecule has 5 nitrogen and oxygen atoms in total. The molecule has 4 aromatic rings. The topological polar surface area (TPSA) is 70.7 Å². The van der Waals surface area contributed by atoms with E-state index in [-0.39, 0.29) is 11.2 Å². The fraction of sp³-hybridized carbons (Fsp3) is 0.105. The van der Waals surface area contributed by atoms with E-state index < -0.39 is 0 Å². The zero-order valence-corrected chi connectivity index (χ0v) is 16.7. The number of H-pyrrole nitrogens is 1. The van der Waals surface area contributed by atoms with Gasteiger partial charge in [-0.25, -0.2) is 9.97 Å². The SMILES string of the molecule is CC(Sc1nc2ccccc2[nH]1)C(=O)Nc1nc(-c2ccc(Cl)cc2)cs1. The zero-order chi connectivity index (χ0) is 18.8. The molecular formula is C19H15ClN4OS2. The Labute approximate surface area is 169 Å². The number of anilines is 1. The third kappa shape index (κ3) is 4.16. The maximum absolute atomic E-state index is 12.5. The standard InChI is InChI=1S/C19H15ClN4OS2/c1-11(27-19-21-14-4-2-3-5-15(14)22-19)17(25)24-18-23-16(10-26-18)12-6-8-13(20)9-7-12/h2-11H,1H3,(H,21,22)(H,23,24,25). The number of para-hydroxylation sites is 2. The molecule has 2 heterocycles. The number of halogens is 1. The predicted octanol–water partition coefficient (Wildman–Crippen LogP) is 5.46. The first-order chi connectivity index (χ1) is 13.1. The van der Waals surface area contributed by atoms with Crippen molar-refractivity contribution in [1.29, 1.82) is 0 Å². The summed E-state index contributed by atoms with van der Waals surface area (Å²) in [5.74, 6) is -0.113. The first-order valence-electron chi connectivity index (χ1n) is 8.22. The van der Waals surface area contributed by atoms with Crippen LogP contribution in [-0.4, -0.2) is 26.1 Å².